The van der Waals surface area contributed by atoms with Gasteiger partial charge in [0.05, 0.1) is 11.7 Å². The highest BCUT2D eigenvalue weighted by molar-refractivity contribution is 6.07. The molecule has 0 unspecified atom stereocenters. The van der Waals surface area contributed by atoms with Crippen LogP contribution in [0.25, 0.3) is 11.5 Å². The van der Waals surface area contributed by atoms with Gasteiger partial charge in [0.2, 0.25) is 5.89 Å². The van der Waals surface area contributed by atoms with Gasteiger partial charge >= 0.3 is 6.18 Å². The van der Waals surface area contributed by atoms with Gasteiger partial charge in [0.15, 0.2) is 11.4 Å². The molecule has 1 aliphatic carbocycles. The summed E-state index contributed by atoms with van der Waals surface area (Å²) >= 11 is 0. The summed E-state index contributed by atoms with van der Waals surface area (Å²) in [5, 5.41) is 9.09. The minimum atomic E-state index is -4.40. The van der Waals surface area contributed by atoms with E-state index < -0.39 is 24.5 Å². The second-order valence-corrected chi connectivity index (χ2v) is 8.71. The van der Waals surface area contributed by atoms with Crippen molar-refractivity contribution in [3.05, 3.63) is 42.2 Å². The van der Waals surface area contributed by atoms with Gasteiger partial charge in [-0.2, -0.15) is 18.3 Å². The Morgan fingerprint density at radius 2 is 2.00 bits per heavy atom. The maximum Gasteiger partial charge on any atom is 0.405 e. The van der Waals surface area contributed by atoms with Crippen LogP contribution in [-0.4, -0.2) is 44.3 Å². The van der Waals surface area contributed by atoms with Crippen LogP contribution in [0.4, 0.5) is 24.7 Å². The highest BCUT2D eigenvalue weighted by atomic mass is 19.4. The number of aromatic nitrogens is 4. The zero-order valence-electron chi connectivity index (χ0n) is 19.5. The SMILES string of the molecule is CCC1CCC(n2cc(NC(=O)c3coc(-c4ccnc(NCC(F)(F)F)c4)n3)c(C(N)=O)n2)CC1. The summed E-state index contributed by atoms with van der Waals surface area (Å²) in [5.74, 6) is -0.768. The van der Waals surface area contributed by atoms with Crippen LogP contribution in [0, 0.1) is 5.92 Å². The molecule has 3 aromatic rings. The molecule has 0 aliphatic heterocycles. The van der Waals surface area contributed by atoms with Gasteiger partial charge in [-0.1, -0.05) is 13.3 Å². The molecule has 4 rings (SSSR count). The standard InChI is InChI=1S/C23H26F3N7O3/c1-2-13-3-5-15(6-4-13)33-10-16(19(32-33)20(27)34)30-21(35)17-11-36-22(31-17)14-7-8-28-18(9-14)29-12-23(24,25)26/h7-11,13,15H,2-6,12H2,1H3,(H2,27,34)(H,28,29)(H,30,35). The summed E-state index contributed by atoms with van der Waals surface area (Å²) in [6.45, 7) is 0.921. The molecule has 192 valence electrons. The maximum atomic E-state index is 12.8. The molecule has 2 amide bonds. The number of halogens is 3. The fourth-order valence-corrected chi connectivity index (χ4v) is 4.22. The van der Waals surface area contributed by atoms with Crippen LogP contribution in [0.15, 0.2) is 35.2 Å². The second-order valence-electron chi connectivity index (χ2n) is 8.71. The van der Waals surface area contributed by atoms with E-state index in [1.807, 2.05) is 0 Å². The number of alkyl halides is 3. The van der Waals surface area contributed by atoms with Crippen molar-refractivity contribution < 1.29 is 27.2 Å². The van der Waals surface area contributed by atoms with Crippen LogP contribution >= 0.6 is 0 Å². The molecule has 0 saturated heterocycles. The number of pyridine rings is 1. The Labute approximate surface area is 204 Å². The quantitative estimate of drug-likeness (QED) is 0.412. The number of nitrogens with two attached hydrogens (primary N) is 1. The third-order valence-corrected chi connectivity index (χ3v) is 6.19. The maximum absolute atomic E-state index is 12.8. The molecular weight excluding hydrogens is 479 g/mol. The van der Waals surface area contributed by atoms with Crippen LogP contribution < -0.4 is 16.4 Å². The Morgan fingerprint density at radius 1 is 1.25 bits per heavy atom. The Hall–Kier alpha value is -3.90. The normalized spacial score (nSPS) is 18.1. The van der Waals surface area contributed by atoms with Crippen molar-refractivity contribution in [3.8, 4) is 11.5 Å². The molecule has 36 heavy (non-hydrogen) atoms. The van der Waals surface area contributed by atoms with Crippen molar-refractivity contribution in [1.82, 2.24) is 19.7 Å². The van der Waals surface area contributed by atoms with Gasteiger partial charge in [-0.05, 0) is 43.7 Å². The van der Waals surface area contributed by atoms with Gasteiger partial charge in [0.1, 0.15) is 18.6 Å². The minimum Gasteiger partial charge on any atom is -0.444 e. The van der Waals surface area contributed by atoms with Crippen LogP contribution in [0.1, 0.15) is 66.0 Å². The van der Waals surface area contributed by atoms with E-state index in [9.17, 15) is 22.8 Å². The summed E-state index contributed by atoms with van der Waals surface area (Å²) in [6, 6.07) is 2.92. The van der Waals surface area contributed by atoms with Crippen LogP contribution in [-0.2, 0) is 0 Å². The molecule has 13 heteroatoms. The molecule has 3 aromatic heterocycles. The summed E-state index contributed by atoms with van der Waals surface area (Å²) in [4.78, 5) is 32.7. The first-order valence-corrected chi connectivity index (χ1v) is 11.6. The predicted octanol–water partition coefficient (Wildman–Crippen LogP) is 4.40. The third-order valence-electron chi connectivity index (χ3n) is 6.19. The molecule has 1 saturated carbocycles. The topological polar surface area (TPSA) is 141 Å². The molecular formula is C23H26F3N7O3. The van der Waals surface area contributed by atoms with Gasteiger partial charge in [0.25, 0.3) is 11.8 Å². The van der Waals surface area contributed by atoms with E-state index in [2.05, 4.69) is 32.6 Å². The number of nitrogens with zero attached hydrogens (tertiary/aromatic N) is 4. The molecule has 1 fully saturated rings. The molecule has 0 aromatic carbocycles. The van der Waals surface area contributed by atoms with E-state index in [0.29, 0.717) is 11.5 Å². The van der Waals surface area contributed by atoms with E-state index in [0.717, 1.165) is 38.4 Å². The first kappa shape index (κ1) is 25.2. The molecule has 10 nitrogen and oxygen atoms in total. The lowest BCUT2D eigenvalue weighted by atomic mass is 9.85. The van der Waals surface area contributed by atoms with Crippen molar-refractivity contribution in [3.63, 3.8) is 0 Å². The lowest BCUT2D eigenvalue weighted by Gasteiger charge is -2.27. The van der Waals surface area contributed by atoms with Crippen molar-refractivity contribution in [2.24, 2.45) is 11.7 Å². The van der Waals surface area contributed by atoms with Crippen molar-refractivity contribution in [2.45, 2.75) is 51.2 Å². The summed E-state index contributed by atoms with van der Waals surface area (Å²) < 4.78 is 44.4. The number of hydrogen-bond donors (Lipinski definition) is 3. The number of anilines is 2. The fraction of sp³-hybridized carbons (Fsp3) is 0.435. The van der Waals surface area contributed by atoms with Crippen molar-refractivity contribution in [2.75, 3.05) is 17.2 Å². The zero-order chi connectivity index (χ0) is 25.9. The lowest BCUT2D eigenvalue weighted by Crippen LogP contribution is -2.21. The van der Waals surface area contributed by atoms with Crippen LogP contribution in [0.5, 0.6) is 0 Å². The Morgan fingerprint density at radius 3 is 2.67 bits per heavy atom. The Bertz CT molecular complexity index is 1230. The highest BCUT2D eigenvalue weighted by Crippen LogP contribution is 2.34. The predicted molar refractivity (Wildman–Crippen MR) is 124 cm³/mol. The summed E-state index contributed by atoms with van der Waals surface area (Å²) in [7, 11) is 0. The van der Waals surface area contributed by atoms with Gasteiger partial charge in [0, 0.05) is 18.0 Å². The van der Waals surface area contributed by atoms with E-state index in [4.69, 9.17) is 10.2 Å². The number of nitrogens with one attached hydrogen (secondary N) is 2. The lowest BCUT2D eigenvalue weighted by molar-refractivity contribution is -0.115. The highest BCUT2D eigenvalue weighted by Gasteiger charge is 2.27. The molecule has 0 spiro atoms. The molecule has 3 heterocycles. The number of amides is 2. The monoisotopic (exact) mass is 505 g/mol. The summed E-state index contributed by atoms with van der Waals surface area (Å²) in [6.07, 6.45) is 4.69. The molecule has 0 radical (unpaired) electrons. The smallest absolute Gasteiger partial charge is 0.405 e. The number of hydrogen-bond acceptors (Lipinski definition) is 7. The Kier molecular flexibility index (Phi) is 7.27. The van der Waals surface area contributed by atoms with Gasteiger partial charge in [-0.25, -0.2) is 9.97 Å². The van der Waals surface area contributed by atoms with Gasteiger partial charge < -0.3 is 20.8 Å². The van der Waals surface area contributed by atoms with Crippen molar-refractivity contribution >= 4 is 23.3 Å². The second kappa shape index (κ2) is 10.4. The molecule has 0 bridgehead atoms. The molecule has 4 N–H and O–H groups in total. The van der Waals surface area contributed by atoms with E-state index in [1.54, 1.807) is 10.9 Å². The minimum absolute atomic E-state index is 0.0103. The van der Waals surface area contributed by atoms with E-state index >= 15 is 0 Å². The number of carbonyl (C=O) groups is 2. The number of carbonyl (C=O) groups excluding carboxylic acids is 2. The molecule has 1 aliphatic rings. The third kappa shape index (κ3) is 6.01. The number of oxazole rings is 1. The van der Waals surface area contributed by atoms with Gasteiger partial charge in [-0.15, -0.1) is 0 Å². The van der Waals surface area contributed by atoms with E-state index in [-0.39, 0.29) is 34.8 Å². The Balaban J connectivity index is 1.47. The zero-order valence-corrected chi connectivity index (χ0v) is 19.5. The molecule has 0 atom stereocenters. The van der Waals surface area contributed by atoms with Crippen LogP contribution in [0.3, 0.4) is 0 Å². The van der Waals surface area contributed by atoms with Crippen molar-refractivity contribution in [1.29, 1.82) is 0 Å². The number of rotatable bonds is 8. The largest absolute Gasteiger partial charge is 0.444 e. The van der Waals surface area contributed by atoms with E-state index in [1.165, 1.54) is 18.3 Å². The van der Waals surface area contributed by atoms with Gasteiger partial charge in [-0.3, -0.25) is 14.3 Å². The first-order valence-electron chi connectivity index (χ1n) is 11.6. The number of primary amides is 1. The fourth-order valence-electron chi connectivity index (χ4n) is 4.22. The first-order chi connectivity index (χ1) is 17.1. The van der Waals surface area contributed by atoms with Crippen LogP contribution in [0.2, 0.25) is 0 Å². The average Bonchev–Trinajstić information content (AvgIpc) is 3.51. The summed E-state index contributed by atoms with van der Waals surface area (Å²) in [5.41, 5.74) is 5.81. The average molecular weight is 506 g/mol.